The number of hydrogen-bond acceptors (Lipinski definition) is 5. The van der Waals surface area contributed by atoms with Gasteiger partial charge in [-0.15, -0.1) is 0 Å². The molecule has 4 N–H and O–H groups in total. The molecule has 1 unspecified atom stereocenters. The van der Waals surface area contributed by atoms with Crippen molar-refractivity contribution in [3.8, 4) is 0 Å². The van der Waals surface area contributed by atoms with Crippen LogP contribution in [0.15, 0.2) is 0 Å². The van der Waals surface area contributed by atoms with E-state index in [4.69, 9.17) is 20.1 Å². The first-order valence-electron chi connectivity index (χ1n) is 3.56. The molecule has 0 heterocycles. The van der Waals surface area contributed by atoms with Gasteiger partial charge in [0, 0.05) is 0 Å². The Morgan fingerprint density at radius 1 is 1.44 bits per heavy atom. The van der Waals surface area contributed by atoms with E-state index in [1.807, 2.05) is 0 Å². The Morgan fingerprint density at radius 3 is 2.31 bits per heavy atom. The van der Waals surface area contributed by atoms with Gasteiger partial charge in [-0.05, 0) is 0 Å². The molecule has 0 saturated heterocycles. The summed E-state index contributed by atoms with van der Waals surface area (Å²) in [5, 5.41) is 17.8. The van der Waals surface area contributed by atoms with Crippen LogP contribution in [0, 0.1) is 0 Å². The van der Waals surface area contributed by atoms with Gasteiger partial charge in [0.25, 0.3) is 0 Å². The van der Waals surface area contributed by atoms with Crippen LogP contribution in [0.1, 0.15) is 2.85 Å². The van der Waals surface area contributed by atoms with Crippen LogP contribution in [0.4, 0.5) is 0 Å². The molecule has 0 aliphatic rings. The van der Waals surface area contributed by atoms with Crippen molar-refractivity contribution in [2.75, 3.05) is 19.5 Å². The normalized spacial score (nSPS) is 12.0. The van der Waals surface area contributed by atoms with Gasteiger partial charge in [0.05, 0.1) is 19.3 Å². The third-order valence-corrected chi connectivity index (χ3v) is 1.61. The summed E-state index contributed by atoms with van der Waals surface area (Å²) in [6, 6.07) is 0. The summed E-state index contributed by atoms with van der Waals surface area (Å²) < 4.78 is 14.7. The molecule has 8 nitrogen and oxygen atoms in total. The van der Waals surface area contributed by atoms with Gasteiger partial charge >= 0.3 is 66.7 Å². The Bertz CT molecular complexity index is 234. The first-order valence-corrected chi connectivity index (χ1v) is 5.36. The SMILES string of the molecule is O=CN(O)CC(O)COCP(=O)(O)O.[H-].[H-].[Na+].[Na+]. The third-order valence-electron chi connectivity index (χ3n) is 1.09. The molecule has 88 valence electrons. The van der Waals surface area contributed by atoms with E-state index < -0.39 is 20.0 Å². The number of aliphatic hydroxyl groups excluding tert-OH is 1. The summed E-state index contributed by atoms with van der Waals surface area (Å²) in [4.78, 5) is 26.6. The van der Waals surface area contributed by atoms with Crippen LogP contribution in [0.3, 0.4) is 0 Å². The van der Waals surface area contributed by atoms with Crippen LogP contribution in [-0.4, -0.2) is 57.2 Å². The Morgan fingerprint density at radius 2 is 1.94 bits per heavy atom. The molecular weight excluding hydrogens is 263 g/mol. The summed E-state index contributed by atoms with van der Waals surface area (Å²) >= 11 is 0. The molecule has 0 saturated carbocycles. The molecule has 0 bridgehead atoms. The molecule has 0 aliphatic heterocycles. The standard InChI is InChI=1S/C5H12NO7P.2Na.2H/c7-3-6(9)1-5(8)2-13-4-14(10,11)12;;;;/h3,5,8-9H,1-2,4H2,(H2,10,11,12);;;;/q;2*+1;2*-1. The fraction of sp³-hybridized carbons (Fsp3) is 0.800. The van der Waals surface area contributed by atoms with Gasteiger partial charge < -0.3 is 22.5 Å². The Kier molecular flexibility index (Phi) is 16.4. The van der Waals surface area contributed by atoms with Crippen molar-refractivity contribution in [3.63, 3.8) is 0 Å². The maximum atomic E-state index is 10.3. The fourth-order valence-electron chi connectivity index (χ4n) is 0.619. The smallest absolute Gasteiger partial charge is 1.00 e. The maximum Gasteiger partial charge on any atom is 1.00 e. The number of rotatable bonds is 7. The average Bonchev–Trinajstić information content (AvgIpc) is 2.01. The number of carbonyl (C=O) groups is 1. The van der Waals surface area contributed by atoms with Gasteiger partial charge in [0.1, 0.15) is 6.35 Å². The van der Waals surface area contributed by atoms with Crippen LogP contribution in [0.2, 0.25) is 0 Å². The van der Waals surface area contributed by atoms with E-state index in [2.05, 4.69) is 4.74 Å². The number of hydrogen-bond donors (Lipinski definition) is 4. The maximum absolute atomic E-state index is 10.3. The van der Waals surface area contributed by atoms with E-state index in [-0.39, 0.29) is 86.6 Å². The second-order valence-corrected chi connectivity index (χ2v) is 4.13. The van der Waals surface area contributed by atoms with E-state index in [0.29, 0.717) is 0 Å². The molecule has 11 heteroatoms. The summed E-state index contributed by atoms with van der Waals surface area (Å²) in [6.45, 7) is -0.763. The van der Waals surface area contributed by atoms with E-state index in [0.717, 1.165) is 0 Å². The fourth-order valence-corrected chi connectivity index (χ4v) is 0.963. The third kappa shape index (κ3) is 15.5. The minimum atomic E-state index is -4.24. The molecule has 0 aliphatic carbocycles. The van der Waals surface area contributed by atoms with Crippen molar-refractivity contribution in [2.24, 2.45) is 0 Å². The Hall–Kier alpha value is 1.50. The first-order chi connectivity index (χ1) is 6.35. The van der Waals surface area contributed by atoms with Gasteiger partial charge in [-0.25, -0.2) is 5.06 Å². The van der Waals surface area contributed by atoms with Gasteiger partial charge in [-0.2, -0.15) is 0 Å². The molecule has 1 amide bonds. The van der Waals surface area contributed by atoms with Gasteiger partial charge in [-0.1, -0.05) is 0 Å². The van der Waals surface area contributed by atoms with Crippen LogP contribution < -0.4 is 59.1 Å². The largest absolute Gasteiger partial charge is 1.00 e. The van der Waals surface area contributed by atoms with Gasteiger partial charge in [0.15, 0.2) is 0 Å². The van der Waals surface area contributed by atoms with Crippen molar-refractivity contribution in [3.05, 3.63) is 0 Å². The minimum Gasteiger partial charge on any atom is -1.00 e. The number of amides is 1. The van der Waals surface area contributed by atoms with Gasteiger partial charge in [0.2, 0.25) is 6.41 Å². The summed E-state index contributed by atoms with van der Waals surface area (Å²) in [6.07, 6.45) is -1.92. The number of carbonyl (C=O) groups excluding carboxylic acids is 1. The van der Waals surface area contributed by atoms with E-state index in [1.54, 1.807) is 0 Å². The van der Waals surface area contributed by atoms with Crippen molar-refractivity contribution in [1.82, 2.24) is 5.06 Å². The van der Waals surface area contributed by atoms with Crippen LogP contribution in [0.5, 0.6) is 0 Å². The van der Waals surface area contributed by atoms with Crippen molar-refractivity contribution in [1.29, 1.82) is 0 Å². The van der Waals surface area contributed by atoms with Crippen LogP contribution in [-0.2, 0) is 14.1 Å². The number of hydroxylamine groups is 2. The molecule has 0 spiro atoms. The monoisotopic (exact) mass is 277 g/mol. The molecular formula is C5H14NNa2O7P. The molecule has 0 aromatic carbocycles. The van der Waals surface area contributed by atoms with Crippen LogP contribution in [0.25, 0.3) is 0 Å². The zero-order valence-corrected chi connectivity index (χ0v) is 14.1. The summed E-state index contributed by atoms with van der Waals surface area (Å²) in [7, 11) is -4.24. The molecule has 1 atom stereocenters. The average molecular weight is 277 g/mol. The second-order valence-electron chi connectivity index (χ2n) is 2.55. The van der Waals surface area contributed by atoms with Crippen molar-refractivity contribution < 1.29 is 96.2 Å². The molecule has 0 rings (SSSR count). The van der Waals surface area contributed by atoms with Crippen LogP contribution >= 0.6 is 7.60 Å². The second kappa shape index (κ2) is 11.6. The van der Waals surface area contributed by atoms with Gasteiger partial charge in [-0.3, -0.25) is 14.6 Å². The molecule has 0 aromatic rings. The molecule has 0 radical (unpaired) electrons. The summed E-state index contributed by atoms with van der Waals surface area (Å²) in [5.41, 5.74) is 0. The topological polar surface area (TPSA) is 128 Å². The Balaban J connectivity index is -0.000000141. The predicted molar refractivity (Wildman–Crippen MR) is 45.7 cm³/mol. The quantitative estimate of drug-likeness (QED) is 0.120. The predicted octanol–water partition coefficient (Wildman–Crippen LogP) is -7.42. The minimum absolute atomic E-state index is 0. The van der Waals surface area contributed by atoms with E-state index >= 15 is 0 Å². The number of aliphatic hydroxyl groups is 1. The zero-order valence-electron chi connectivity index (χ0n) is 11.2. The molecule has 0 fully saturated rings. The van der Waals surface area contributed by atoms with Crippen molar-refractivity contribution >= 4 is 14.0 Å². The zero-order chi connectivity index (χ0) is 11.2. The number of nitrogens with zero attached hydrogens (tertiary/aromatic N) is 1. The number of ether oxygens (including phenoxy) is 1. The van der Waals surface area contributed by atoms with E-state index in [9.17, 15) is 9.36 Å². The molecule has 0 aromatic heterocycles. The summed E-state index contributed by atoms with van der Waals surface area (Å²) in [5.74, 6) is 0. The Labute approximate surface area is 140 Å². The van der Waals surface area contributed by atoms with E-state index in [1.165, 1.54) is 0 Å². The van der Waals surface area contributed by atoms with Crippen molar-refractivity contribution in [2.45, 2.75) is 6.10 Å². The first kappa shape index (κ1) is 22.7. The molecule has 16 heavy (non-hydrogen) atoms.